The summed E-state index contributed by atoms with van der Waals surface area (Å²) >= 11 is 0. The van der Waals surface area contributed by atoms with E-state index >= 15 is 0 Å². The highest BCUT2D eigenvalue weighted by Gasteiger charge is 2.09. The van der Waals surface area contributed by atoms with Crippen LogP contribution in [0.2, 0.25) is 0 Å². The minimum absolute atomic E-state index is 0.0762. The summed E-state index contributed by atoms with van der Waals surface area (Å²) in [5.41, 5.74) is 0.474. The maximum absolute atomic E-state index is 12.0. The number of pyridine rings is 2. The van der Waals surface area contributed by atoms with Crippen LogP contribution in [0.25, 0.3) is 0 Å². The van der Waals surface area contributed by atoms with Crippen LogP contribution in [0.5, 0.6) is 11.6 Å². The molecular weight excluding hydrogens is 306 g/mol. The van der Waals surface area contributed by atoms with Crippen LogP contribution in [0.1, 0.15) is 15.9 Å². The van der Waals surface area contributed by atoms with Gasteiger partial charge < -0.3 is 15.0 Å². The summed E-state index contributed by atoms with van der Waals surface area (Å²) in [6.07, 6.45) is 3.09. The Bertz CT molecular complexity index is 891. The first-order valence-electron chi connectivity index (χ1n) is 7.36. The van der Waals surface area contributed by atoms with E-state index in [1.165, 1.54) is 12.3 Å². The molecule has 0 fully saturated rings. The molecule has 1 aromatic carbocycles. The van der Waals surface area contributed by atoms with Crippen LogP contribution >= 0.6 is 0 Å². The van der Waals surface area contributed by atoms with Crippen molar-refractivity contribution in [3.05, 3.63) is 88.5 Å². The number of para-hydroxylation sites is 1. The summed E-state index contributed by atoms with van der Waals surface area (Å²) in [5.74, 6) is 0.687. The summed E-state index contributed by atoms with van der Waals surface area (Å²) in [5, 5.41) is 2.70. The Morgan fingerprint density at radius 3 is 2.75 bits per heavy atom. The molecule has 0 radical (unpaired) electrons. The Hall–Kier alpha value is -3.41. The summed E-state index contributed by atoms with van der Waals surface area (Å²) < 4.78 is 5.65. The molecule has 1 amide bonds. The van der Waals surface area contributed by atoms with Crippen LogP contribution in [0.4, 0.5) is 0 Å². The second-order valence-electron chi connectivity index (χ2n) is 5.01. The molecule has 0 saturated heterocycles. The zero-order chi connectivity index (χ0) is 16.8. The van der Waals surface area contributed by atoms with E-state index in [4.69, 9.17) is 4.74 Å². The van der Waals surface area contributed by atoms with Crippen LogP contribution in [0, 0.1) is 0 Å². The third-order valence-electron chi connectivity index (χ3n) is 3.28. The van der Waals surface area contributed by atoms with Crippen molar-refractivity contribution < 1.29 is 9.53 Å². The van der Waals surface area contributed by atoms with Gasteiger partial charge in [0.05, 0.1) is 0 Å². The van der Waals surface area contributed by atoms with E-state index in [1.807, 2.05) is 30.3 Å². The first kappa shape index (κ1) is 15.5. The van der Waals surface area contributed by atoms with Crippen molar-refractivity contribution >= 4 is 5.91 Å². The Balaban J connectivity index is 1.66. The normalized spacial score (nSPS) is 10.2. The van der Waals surface area contributed by atoms with Crippen LogP contribution in [0.15, 0.2) is 71.8 Å². The minimum atomic E-state index is -0.431. The lowest BCUT2D eigenvalue weighted by molar-refractivity contribution is 0.0949. The Morgan fingerprint density at radius 1 is 1.12 bits per heavy atom. The van der Waals surface area contributed by atoms with E-state index in [1.54, 1.807) is 24.4 Å². The fourth-order valence-electron chi connectivity index (χ4n) is 2.10. The van der Waals surface area contributed by atoms with Crippen LogP contribution in [-0.2, 0) is 6.54 Å². The van der Waals surface area contributed by atoms with Gasteiger partial charge >= 0.3 is 0 Å². The first-order valence-corrected chi connectivity index (χ1v) is 7.36. The molecule has 120 valence electrons. The van der Waals surface area contributed by atoms with Crippen molar-refractivity contribution in [1.82, 2.24) is 15.3 Å². The molecule has 2 aromatic heterocycles. The molecule has 0 aliphatic heterocycles. The average molecular weight is 321 g/mol. The third-order valence-corrected chi connectivity index (χ3v) is 3.28. The van der Waals surface area contributed by atoms with Gasteiger partial charge in [0.1, 0.15) is 11.3 Å². The number of hydrogen-bond acceptors (Lipinski definition) is 4. The molecule has 0 saturated carbocycles. The molecule has 0 aliphatic carbocycles. The van der Waals surface area contributed by atoms with E-state index in [9.17, 15) is 9.59 Å². The Morgan fingerprint density at radius 2 is 1.96 bits per heavy atom. The lowest BCUT2D eigenvalue weighted by Crippen LogP contribution is -2.28. The largest absolute Gasteiger partial charge is 0.439 e. The van der Waals surface area contributed by atoms with E-state index in [-0.39, 0.29) is 12.1 Å². The van der Waals surface area contributed by atoms with Gasteiger partial charge in [-0.05, 0) is 35.9 Å². The molecule has 24 heavy (non-hydrogen) atoms. The predicted molar refractivity (Wildman–Crippen MR) is 89.0 cm³/mol. The number of nitrogens with zero attached hydrogens (tertiary/aromatic N) is 1. The number of amides is 1. The minimum Gasteiger partial charge on any atom is -0.439 e. The predicted octanol–water partition coefficient (Wildman–Crippen LogP) is 2.49. The number of carbonyl (C=O) groups is 1. The van der Waals surface area contributed by atoms with Gasteiger partial charge in [0, 0.05) is 25.0 Å². The van der Waals surface area contributed by atoms with Gasteiger partial charge in [-0.15, -0.1) is 0 Å². The van der Waals surface area contributed by atoms with E-state index < -0.39 is 11.5 Å². The van der Waals surface area contributed by atoms with Crippen LogP contribution in [0.3, 0.4) is 0 Å². The fraction of sp³-hybridized carbons (Fsp3) is 0.0556. The van der Waals surface area contributed by atoms with E-state index in [2.05, 4.69) is 15.3 Å². The van der Waals surface area contributed by atoms with E-state index in [0.29, 0.717) is 11.6 Å². The highest BCUT2D eigenvalue weighted by molar-refractivity contribution is 5.93. The molecular formula is C18H15N3O3. The van der Waals surface area contributed by atoms with Crippen molar-refractivity contribution in [1.29, 1.82) is 0 Å². The second kappa shape index (κ2) is 7.23. The van der Waals surface area contributed by atoms with Gasteiger partial charge in [0.2, 0.25) is 5.88 Å². The Labute approximate surface area is 138 Å². The molecule has 6 heteroatoms. The van der Waals surface area contributed by atoms with Gasteiger partial charge in [-0.3, -0.25) is 9.59 Å². The number of rotatable bonds is 5. The summed E-state index contributed by atoms with van der Waals surface area (Å²) in [7, 11) is 0. The van der Waals surface area contributed by atoms with Gasteiger partial charge in [-0.1, -0.05) is 18.2 Å². The molecule has 2 N–H and O–H groups in total. The molecule has 0 bridgehead atoms. The molecule has 0 unspecified atom stereocenters. The molecule has 0 aliphatic rings. The van der Waals surface area contributed by atoms with Crippen molar-refractivity contribution in [2.45, 2.75) is 6.54 Å². The van der Waals surface area contributed by atoms with Crippen molar-refractivity contribution in [2.24, 2.45) is 0 Å². The topological polar surface area (TPSA) is 84.1 Å². The lowest BCUT2D eigenvalue weighted by atomic mass is 10.2. The van der Waals surface area contributed by atoms with E-state index in [0.717, 1.165) is 5.56 Å². The number of H-pyrrole nitrogens is 1. The summed E-state index contributed by atoms with van der Waals surface area (Å²) in [4.78, 5) is 30.2. The molecule has 0 atom stereocenters. The van der Waals surface area contributed by atoms with Crippen molar-refractivity contribution in [2.75, 3.05) is 0 Å². The number of ether oxygens (including phenoxy) is 1. The van der Waals surface area contributed by atoms with Gasteiger partial charge in [-0.25, -0.2) is 4.98 Å². The molecule has 6 nitrogen and oxygen atoms in total. The quantitative estimate of drug-likeness (QED) is 0.756. The zero-order valence-electron chi connectivity index (χ0n) is 12.7. The number of aromatic nitrogens is 2. The number of carbonyl (C=O) groups excluding carboxylic acids is 1. The second-order valence-corrected chi connectivity index (χ2v) is 5.01. The zero-order valence-corrected chi connectivity index (χ0v) is 12.7. The smallest absolute Gasteiger partial charge is 0.260 e. The highest BCUT2D eigenvalue weighted by Crippen LogP contribution is 2.19. The highest BCUT2D eigenvalue weighted by atomic mass is 16.5. The first-order chi connectivity index (χ1) is 11.7. The van der Waals surface area contributed by atoms with Crippen molar-refractivity contribution in [3.8, 4) is 11.6 Å². The standard InChI is InChI=1S/C18H15N3O3/c22-17-15(7-4-9-20-17)18(23)21-12-13-8-10-19-16(11-13)24-14-5-2-1-3-6-14/h1-11H,12H2,(H,20,22)(H,21,23). The maximum Gasteiger partial charge on any atom is 0.260 e. The molecule has 2 heterocycles. The summed E-state index contributed by atoms with van der Waals surface area (Å²) in [6.45, 7) is 0.265. The third kappa shape index (κ3) is 3.86. The van der Waals surface area contributed by atoms with Gasteiger partial charge in [-0.2, -0.15) is 0 Å². The monoisotopic (exact) mass is 321 g/mol. The van der Waals surface area contributed by atoms with Crippen LogP contribution < -0.4 is 15.6 Å². The molecule has 3 rings (SSSR count). The van der Waals surface area contributed by atoms with Gasteiger partial charge in [0.25, 0.3) is 11.5 Å². The van der Waals surface area contributed by atoms with Crippen molar-refractivity contribution in [3.63, 3.8) is 0 Å². The Kier molecular flexibility index (Phi) is 4.67. The lowest BCUT2D eigenvalue weighted by Gasteiger charge is -2.08. The number of nitrogens with one attached hydrogen (secondary N) is 2. The SMILES string of the molecule is O=C(NCc1ccnc(Oc2ccccc2)c1)c1ccc[nH]c1=O. The number of aromatic amines is 1. The molecule has 3 aromatic rings. The number of benzene rings is 1. The van der Waals surface area contributed by atoms with Crippen LogP contribution in [-0.4, -0.2) is 15.9 Å². The summed E-state index contributed by atoms with van der Waals surface area (Å²) in [6, 6.07) is 15.9. The van der Waals surface area contributed by atoms with Gasteiger partial charge in [0.15, 0.2) is 0 Å². The molecule has 0 spiro atoms. The maximum atomic E-state index is 12.0. The number of hydrogen-bond donors (Lipinski definition) is 2. The fourth-order valence-corrected chi connectivity index (χ4v) is 2.10. The average Bonchev–Trinajstić information content (AvgIpc) is 2.61.